The molecule has 0 unspecified atom stereocenters. The highest BCUT2D eigenvalue weighted by molar-refractivity contribution is 7.93. The molecule has 3 rings (SSSR count). The predicted octanol–water partition coefficient (Wildman–Crippen LogP) is 2.76. The molecular formula is C19H24N4O3S. The van der Waals surface area contributed by atoms with Gasteiger partial charge >= 0.3 is 0 Å². The fourth-order valence-electron chi connectivity index (χ4n) is 3.00. The van der Waals surface area contributed by atoms with E-state index >= 15 is 0 Å². The fourth-order valence-corrected chi connectivity index (χ4v) is 3.99. The monoisotopic (exact) mass is 388 g/mol. The average molecular weight is 388 g/mol. The molecule has 144 valence electrons. The van der Waals surface area contributed by atoms with Crippen molar-refractivity contribution in [3.8, 4) is 0 Å². The minimum Gasteiger partial charge on any atom is -0.372 e. The van der Waals surface area contributed by atoms with E-state index in [0.29, 0.717) is 11.5 Å². The van der Waals surface area contributed by atoms with Crippen LogP contribution < -0.4 is 14.9 Å². The van der Waals surface area contributed by atoms with E-state index in [1.165, 1.54) is 19.3 Å². The molecule has 1 aliphatic heterocycles. The standard InChI is InChI=1S/C19H24N4O3S/c1-15-5-10-18(20-13-15)21-19(24)14-27(25,26)22-16-6-8-17(9-7-16)23-11-3-2-4-12-23/h5-10,13,22H,2-4,11-12,14H2,1H3,(H,20,21,24). The van der Waals surface area contributed by atoms with Crippen molar-refractivity contribution in [3.63, 3.8) is 0 Å². The van der Waals surface area contributed by atoms with Crippen molar-refractivity contribution in [3.05, 3.63) is 48.2 Å². The number of anilines is 3. The fraction of sp³-hybridized carbons (Fsp3) is 0.368. The first-order chi connectivity index (χ1) is 12.9. The van der Waals surface area contributed by atoms with Gasteiger partial charge in [-0.25, -0.2) is 13.4 Å². The Kier molecular flexibility index (Phi) is 5.95. The first kappa shape index (κ1) is 19.2. The van der Waals surface area contributed by atoms with Crippen molar-refractivity contribution < 1.29 is 13.2 Å². The number of amides is 1. The Morgan fingerprint density at radius 2 is 1.78 bits per heavy atom. The summed E-state index contributed by atoms with van der Waals surface area (Å²) in [5.74, 6) is -0.980. The van der Waals surface area contributed by atoms with Crippen molar-refractivity contribution in [2.75, 3.05) is 33.8 Å². The molecule has 1 aliphatic rings. The van der Waals surface area contributed by atoms with Gasteiger partial charge in [0.15, 0.2) is 0 Å². The van der Waals surface area contributed by atoms with Gasteiger partial charge in [-0.05, 0) is 62.1 Å². The van der Waals surface area contributed by atoms with Crippen molar-refractivity contribution in [1.82, 2.24) is 4.98 Å². The lowest BCUT2D eigenvalue weighted by molar-refractivity contribution is -0.113. The quantitative estimate of drug-likeness (QED) is 0.794. The molecular weight excluding hydrogens is 364 g/mol. The van der Waals surface area contributed by atoms with Gasteiger partial charge in [0.2, 0.25) is 15.9 Å². The summed E-state index contributed by atoms with van der Waals surface area (Å²) in [4.78, 5) is 18.3. The molecule has 1 fully saturated rings. The van der Waals surface area contributed by atoms with E-state index in [9.17, 15) is 13.2 Å². The maximum Gasteiger partial charge on any atom is 0.242 e. The zero-order valence-electron chi connectivity index (χ0n) is 15.3. The summed E-state index contributed by atoms with van der Waals surface area (Å²) >= 11 is 0. The van der Waals surface area contributed by atoms with Crippen LogP contribution in [0.3, 0.4) is 0 Å². The highest BCUT2D eigenvalue weighted by atomic mass is 32.2. The Hall–Kier alpha value is -2.61. The number of rotatable bonds is 6. The van der Waals surface area contributed by atoms with E-state index in [1.54, 1.807) is 30.5 Å². The van der Waals surface area contributed by atoms with Gasteiger partial charge in [-0.3, -0.25) is 9.52 Å². The van der Waals surface area contributed by atoms with E-state index in [2.05, 4.69) is 19.9 Å². The first-order valence-electron chi connectivity index (χ1n) is 8.99. The summed E-state index contributed by atoms with van der Waals surface area (Å²) in [7, 11) is -3.80. The van der Waals surface area contributed by atoms with Crippen LogP contribution in [-0.2, 0) is 14.8 Å². The van der Waals surface area contributed by atoms with Crippen molar-refractivity contribution in [2.24, 2.45) is 0 Å². The molecule has 2 N–H and O–H groups in total. The maximum absolute atomic E-state index is 12.2. The third kappa shape index (κ3) is 5.68. The lowest BCUT2D eigenvalue weighted by Crippen LogP contribution is -2.29. The van der Waals surface area contributed by atoms with Gasteiger partial charge < -0.3 is 10.2 Å². The Morgan fingerprint density at radius 1 is 1.07 bits per heavy atom. The number of aryl methyl sites for hydroxylation is 1. The molecule has 1 aromatic carbocycles. The SMILES string of the molecule is Cc1ccc(NC(=O)CS(=O)(=O)Nc2ccc(N3CCCCC3)cc2)nc1. The lowest BCUT2D eigenvalue weighted by atomic mass is 10.1. The van der Waals surface area contributed by atoms with Gasteiger partial charge in [0, 0.05) is 30.7 Å². The van der Waals surface area contributed by atoms with Gasteiger partial charge in [0.1, 0.15) is 11.6 Å². The van der Waals surface area contributed by atoms with Crippen molar-refractivity contribution in [1.29, 1.82) is 0 Å². The molecule has 1 saturated heterocycles. The number of benzene rings is 1. The molecule has 1 aromatic heterocycles. The summed E-state index contributed by atoms with van der Waals surface area (Å²) in [6, 6.07) is 10.7. The van der Waals surface area contributed by atoms with Crippen molar-refractivity contribution >= 4 is 33.1 Å². The molecule has 0 spiro atoms. The molecule has 27 heavy (non-hydrogen) atoms. The minimum atomic E-state index is -3.80. The topological polar surface area (TPSA) is 91.4 Å². The molecule has 8 heteroatoms. The van der Waals surface area contributed by atoms with E-state index in [0.717, 1.165) is 24.3 Å². The van der Waals surface area contributed by atoms with Crippen LogP contribution in [0.5, 0.6) is 0 Å². The molecule has 2 aromatic rings. The van der Waals surface area contributed by atoms with E-state index in [1.807, 2.05) is 19.1 Å². The third-order valence-electron chi connectivity index (χ3n) is 4.36. The van der Waals surface area contributed by atoms with E-state index in [-0.39, 0.29) is 0 Å². The minimum absolute atomic E-state index is 0.326. The number of sulfonamides is 1. The van der Waals surface area contributed by atoms with Crippen LogP contribution in [-0.4, -0.2) is 38.2 Å². The van der Waals surface area contributed by atoms with Crippen LogP contribution >= 0.6 is 0 Å². The van der Waals surface area contributed by atoms with Gasteiger partial charge in [-0.2, -0.15) is 0 Å². The highest BCUT2D eigenvalue weighted by Crippen LogP contribution is 2.22. The first-order valence-corrected chi connectivity index (χ1v) is 10.6. The zero-order valence-corrected chi connectivity index (χ0v) is 16.1. The molecule has 0 bridgehead atoms. The third-order valence-corrected chi connectivity index (χ3v) is 5.55. The second-order valence-corrected chi connectivity index (χ2v) is 8.45. The van der Waals surface area contributed by atoms with Crippen LogP contribution in [0.2, 0.25) is 0 Å². The van der Waals surface area contributed by atoms with Crippen LogP contribution in [0.1, 0.15) is 24.8 Å². The number of carbonyl (C=O) groups is 1. The largest absolute Gasteiger partial charge is 0.372 e. The maximum atomic E-state index is 12.2. The number of nitrogens with zero attached hydrogens (tertiary/aromatic N) is 2. The van der Waals surface area contributed by atoms with Crippen LogP contribution in [0.15, 0.2) is 42.6 Å². The molecule has 0 saturated carbocycles. The van der Waals surface area contributed by atoms with Gasteiger partial charge in [0.25, 0.3) is 0 Å². The summed E-state index contributed by atoms with van der Waals surface area (Å²) in [6.07, 6.45) is 5.22. The van der Waals surface area contributed by atoms with Gasteiger partial charge in [0.05, 0.1) is 0 Å². The number of hydrogen-bond acceptors (Lipinski definition) is 5. The Bertz CT molecular complexity index is 874. The number of aromatic nitrogens is 1. The van der Waals surface area contributed by atoms with E-state index < -0.39 is 21.7 Å². The Labute approximate surface area is 159 Å². The summed E-state index contributed by atoms with van der Waals surface area (Å²) < 4.78 is 26.9. The number of carbonyl (C=O) groups excluding carboxylic acids is 1. The second-order valence-electron chi connectivity index (χ2n) is 6.72. The highest BCUT2D eigenvalue weighted by Gasteiger charge is 2.17. The summed E-state index contributed by atoms with van der Waals surface area (Å²) in [5.41, 5.74) is 2.48. The smallest absolute Gasteiger partial charge is 0.242 e. The number of nitrogens with one attached hydrogen (secondary N) is 2. The van der Waals surface area contributed by atoms with Gasteiger partial charge in [-0.15, -0.1) is 0 Å². The van der Waals surface area contributed by atoms with Gasteiger partial charge in [-0.1, -0.05) is 6.07 Å². The molecule has 0 atom stereocenters. The van der Waals surface area contributed by atoms with E-state index in [4.69, 9.17) is 0 Å². The Balaban J connectivity index is 1.56. The zero-order chi connectivity index (χ0) is 19.3. The number of pyridine rings is 1. The van der Waals surface area contributed by atoms with Crippen LogP contribution in [0, 0.1) is 6.92 Å². The number of piperidine rings is 1. The van der Waals surface area contributed by atoms with Crippen LogP contribution in [0.4, 0.5) is 17.2 Å². The lowest BCUT2D eigenvalue weighted by Gasteiger charge is -2.28. The Morgan fingerprint density at radius 3 is 2.41 bits per heavy atom. The van der Waals surface area contributed by atoms with Crippen LogP contribution in [0.25, 0.3) is 0 Å². The molecule has 7 nitrogen and oxygen atoms in total. The second kappa shape index (κ2) is 8.39. The molecule has 1 amide bonds. The normalized spacial score (nSPS) is 14.6. The summed E-state index contributed by atoms with van der Waals surface area (Å²) in [6.45, 7) is 3.93. The predicted molar refractivity (Wildman–Crippen MR) is 108 cm³/mol. The average Bonchev–Trinajstić information content (AvgIpc) is 2.64. The van der Waals surface area contributed by atoms with Crippen molar-refractivity contribution in [2.45, 2.75) is 26.2 Å². The summed E-state index contributed by atoms with van der Waals surface area (Å²) in [5, 5.41) is 2.49. The molecule has 0 aliphatic carbocycles. The molecule has 2 heterocycles. The number of hydrogen-bond donors (Lipinski definition) is 2. The molecule has 0 radical (unpaired) electrons.